The highest BCUT2D eigenvalue weighted by Gasteiger charge is 2.18. The van der Waals surface area contributed by atoms with Gasteiger partial charge in [-0.15, -0.1) is 5.10 Å². The van der Waals surface area contributed by atoms with Crippen LogP contribution in [0.15, 0.2) is 30.5 Å². The van der Waals surface area contributed by atoms with Crippen LogP contribution in [0, 0.1) is 0 Å². The van der Waals surface area contributed by atoms with Gasteiger partial charge in [0.2, 0.25) is 5.95 Å². The SMILES string of the molecule is CCN1CCN(c2cnnc(Nc3ccccc3OC(C)C)n2)CC1. The fourth-order valence-electron chi connectivity index (χ4n) is 2.84. The van der Waals surface area contributed by atoms with Gasteiger partial charge in [-0.25, -0.2) is 0 Å². The van der Waals surface area contributed by atoms with Crippen molar-refractivity contribution >= 4 is 17.5 Å². The fourth-order valence-corrected chi connectivity index (χ4v) is 2.84. The van der Waals surface area contributed by atoms with Gasteiger partial charge in [0.15, 0.2) is 5.82 Å². The molecule has 25 heavy (non-hydrogen) atoms. The molecule has 0 radical (unpaired) electrons. The second-order valence-corrected chi connectivity index (χ2v) is 6.35. The second-order valence-electron chi connectivity index (χ2n) is 6.35. The van der Waals surface area contributed by atoms with Crippen molar-refractivity contribution in [2.75, 3.05) is 42.9 Å². The molecule has 0 aliphatic carbocycles. The van der Waals surface area contributed by atoms with Crippen LogP contribution in [0.3, 0.4) is 0 Å². The highest BCUT2D eigenvalue weighted by molar-refractivity contribution is 5.62. The first kappa shape index (κ1) is 17.4. The fraction of sp³-hybridized carbons (Fsp3) is 0.500. The number of aromatic nitrogens is 3. The van der Waals surface area contributed by atoms with Crippen LogP contribution in [0.5, 0.6) is 5.75 Å². The molecular weight excluding hydrogens is 316 g/mol. The van der Waals surface area contributed by atoms with E-state index >= 15 is 0 Å². The van der Waals surface area contributed by atoms with Crippen LogP contribution in [0.2, 0.25) is 0 Å². The van der Waals surface area contributed by atoms with Crippen LogP contribution in [-0.2, 0) is 0 Å². The normalized spacial score (nSPS) is 15.4. The van der Waals surface area contributed by atoms with Crippen molar-refractivity contribution in [3.63, 3.8) is 0 Å². The molecular formula is C18H26N6O. The highest BCUT2D eigenvalue weighted by Crippen LogP contribution is 2.27. The molecule has 1 aliphatic rings. The number of ether oxygens (including phenoxy) is 1. The number of nitrogens with zero attached hydrogens (tertiary/aromatic N) is 5. The Bertz CT molecular complexity index is 685. The summed E-state index contributed by atoms with van der Waals surface area (Å²) in [4.78, 5) is 9.32. The average Bonchev–Trinajstić information content (AvgIpc) is 2.63. The third kappa shape index (κ3) is 4.57. The molecule has 1 aromatic carbocycles. The number of nitrogens with one attached hydrogen (secondary N) is 1. The van der Waals surface area contributed by atoms with E-state index in [9.17, 15) is 0 Å². The number of anilines is 3. The summed E-state index contributed by atoms with van der Waals surface area (Å²) in [7, 11) is 0. The third-order valence-corrected chi connectivity index (χ3v) is 4.19. The standard InChI is InChI=1S/C18H26N6O/c1-4-23-9-11-24(12-10-23)17-13-19-22-18(21-17)20-15-7-5-6-8-16(15)25-14(2)3/h5-8,13-14H,4,9-12H2,1-3H3,(H,20,21,22). The molecule has 1 N–H and O–H groups in total. The van der Waals surface area contributed by atoms with Gasteiger partial charge in [0.1, 0.15) is 5.75 Å². The van der Waals surface area contributed by atoms with E-state index in [1.165, 1.54) is 0 Å². The van der Waals surface area contributed by atoms with Gasteiger partial charge < -0.3 is 19.9 Å². The molecule has 134 valence electrons. The minimum atomic E-state index is 0.100. The number of para-hydroxylation sites is 2. The Hall–Kier alpha value is -2.41. The van der Waals surface area contributed by atoms with Gasteiger partial charge in [-0.3, -0.25) is 0 Å². The lowest BCUT2D eigenvalue weighted by Gasteiger charge is -2.34. The summed E-state index contributed by atoms with van der Waals surface area (Å²) in [5.41, 5.74) is 0.839. The molecule has 1 saturated heterocycles. The van der Waals surface area contributed by atoms with Crippen molar-refractivity contribution in [2.45, 2.75) is 26.9 Å². The van der Waals surface area contributed by atoms with Crippen LogP contribution < -0.4 is 15.0 Å². The van der Waals surface area contributed by atoms with E-state index < -0.39 is 0 Å². The minimum absolute atomic E-state index is 0.100. The van der Waals surface area contributed by atoms with Crippen molar-refractivity contribution in [1.29, 1.82) is 0 Å². The van der Waals surface area contributed by atoms with E-state index in [-0.39, 0.29) is 6.10 Å². The number of rotatable bonds is 6. The molecule has 0 unspecified atom stereocenters. The number of likely N-dealkylation sites (N-methyl/N-ethyl adjacent to an activating group) is 1. The Morgan fingerprint density at radius 2 is 1.92 bits per heavy atom. The van der Waals surface area contributed by atoms with E-state index in [0.29, 0.717) is 5.95 Å². The molecule has 7 nitrogen and oxygen atoms in total. The van der Waals surface area contributed by atoms with Gasteiger partial charge in [0.05, 0.1) is 18.0 Å². The second kappa shape index (κ2) is 8.11. The van der Waals surface area contributed by atoms with Gasteiger partial charge >= 0.3 is 0 Å². The summed E-state index contributed by atoms with van der Waals surface area (Å²) >= 11 is 0. The Kier molecular flexibility index (Phi) is 5.65. The molecule has 3 rings (SSSR count). The first-order chi connectivity index (χ1) is 12.2. The van der Waals surface area contributed by atoms with Gasteiger partial charge in [-0.05, 0) is 32.5 Å². The molecule has 1 aromatic heterocycles. The molecule has 0 bridgehead atoms. The van der Waals surface area contributed by atoms with Gasteiger partial charge in [0.25, 0.3) is 0 Å². The Labute approximate surface area is 149 Å². The number of hydrogen-bond acceptors (Lipinski definition) is 7. The maximum absolute atomic E-state index is 5.83. The van der Waals surface area contributed by atoms with Crippen molar-refractivity contribution in [3.8, 4) is 5.75 Å². The lowest BCUT2D eigenvalue weighted by molar-refractivity contribution is 0.244. The topological polar surface area (TPSA) is 66.4 Å². The number of hydrogen-bond donors (Lipinski definition) is 1. The first-order valence-corrected chi connectivity index (χ1v) is 8.85. The zero-order valence-corrected chi connectivity index (χ0v) is 15.1. The van der Waals surface area contributed by atoms with E-state index in [4.69, 9.17) is 4.74 Å². The summed E-state index contributed by atoms with van der Waals surface area (Å²) in [5.74, 6) is 2.12. The summed E-state index contributed by atoms with van der Waals surface area (Å²) in [5, 5.41) is 11.5. The van der Waals surface area contributed by atoms with Gasteiger partial charge in [-0.1, -0.05) is 19.1 Å². The predicted octanol–water partition coefficient (Wildman–Crippen LogP) is 2.54. The monoisotopic (exact) mass is 342 g/mol. The van der Waals surface area contributed by atoms with Gasteiger partial charge in [0, 0.05) is 26.2 Å². The van der Waals surface area contributed by atoms with E-state index in [2.05, 4.69) is 37.2 Å². The lowest BCUT2D eigenvalue weighted by Crippen LogP contribution is -2.46. The van der Waals surface area contributed by atoms with Crippen LogP contribution in [0.1, 0.15) is 20.8 Å². The molecule has 2 aromatic rings. The van der Waals surface area contributed by atoms with Gasteiger partial charge in [-0.2, -0.15) is 10.1 Å². The largest absolute Gasteiger partial charge is 0.489 e. The summed E-state index contributed by atoms with van der Waals surface area (Å²) in [6.07, 6.45) is 1.83. The zero-order valence-electron chi connectivity index (χ0n) is 15.1. The molecule has 1 aliphatic heterocycles. The van der Waals surface area contributed by atoms with Crippen molar-refractivity contribution in [3.05, 3.63) is 30.5 Å². The van der Waals surface area contributed by atoms with Crippen molar-refractivity contribution in [2.24, 2.45) is 0 Å². The lowest BCUT2D eigenvalue weighted by atomic mass is 10.3. The number of benzene rings is 1. The summed E-state index contributed by atoms with van der Waals surface area (Å²) < 4.78 is 5.83. The van der Waals surface area contributed by atoms with E-state index in [1.54, 1.807) is 6.20 Å². The maximum Gasteiger partial charge on any atom is 0.249 e. The third-order valence-electron chi connectivity index (χ3n) is 4.19. The minimum Gasteiger partial charge on any atom is -0.489 e. The quantitative estimate of drug-likeness (QED) is 0.865. The Balaban J connectivity index is 1.72. The molecule has 0 saturated carbocycles. The highest BCUT2D eigenvalue weighted by atomic mass is 16.5. The predicted molar refractivity (Wildman–Crippen MR) is 99.6 cm³/mol. The molecule has 7 heteroatoms. The van der Waals surface area contributed by atoms with Crippen LogP contribution in [0.25, 0.3) is 0 Å². The zero-order chi connectivity index (χ0) is 17.6. The average molecular weight is 342 g/mol. The van der Waals surface area contributed by atoms with Crippen LogP contribution in [-0.4, -0.2) is 58.9 Å². The van der Waals surface area contributed by atoms with E-state index in [1.807, 2.05) is 38.1 Å². The summed E-state index contributed by atoms with van der Waals surface area (Å²) in [6, 6.07) is 7.79. The van der Waals surface area contributed by atoms with E-state index in [0.717, 1.165) is 50.0 Å². The Morgan fingerprint density at radius 3 is 2.64 bits per heavy atom. The first-order valence-electron chi connectivity index (χ1n) is 8.85. The molecule has 0 amide bonds. The van der Waals surface area contributed by atoms with Crippen LogP contribution in [0.4, 0.5) is 17.5 Å². The molecule has 2 heterocycles. The smallest absolute Gasteiger partial charge is 0.249 e. The number of piperazine rings is 1. The van der Waals surface area contributed by atoms with Crippen molar-refractivity contribution in [1.82, 2.24) is 20.1 Å². The maximum atomic E-state index is 5.83. The van der Waals surface area contributed by atoms with Crippen LogP contribution >= 0.6 is 0 Å². The molecule has 0 spiro atoms. The van der Waals surface area contributed by atoms with Crippen molar-refractivity contribution < 1.29 is 4.74 Å². The Morgan fingerprint density at radius 1 is 1.16 bits per heavy atom. The molecule has 1 fully saturated rings. The molecule has 0 atom stereocenters. The summed E-state index contributed by atoms with van der Waals surface area (Å²) in [6.45, 7) is 11.3.